The van der Waals surface area contributed by atoms with Gasteiger partial charge in [-0.15, -0.1) is 0 Å². The summed E-state index contributed by atoms with van der Waals surface area (Å²) in [6, 6.07) is 4.34. The molecule has 1 rings (SSSR count). The Morgan fingerprint density at radius 1 is 1.29 bits per heavy atom. The average molecular weight is 358 g/mol. The summed E-state index contributed by atoms with van der Waals surface area (Å²) in [6.45, 7) is 4.90. The van der Waals surface area contributed by atoms with Gasteiger partial charge in [-0.2, -0.15) is 0 Å². The molecule has 7 nitrogen and oxygen atoms in total. The van der Waals surface area contributed by atoms with Crippen LogP contribution in [-0.4, -0.2) is 59.1 Å². The standard InChI is InChI=1S/C16H26N2O5S/c1-12(2)23-10-6-9-17-16(19)13-7-8-14(22-5)15(11-13)24(20,21)18(3)4/h7-8,11-12H,6,9-10H2,1-5H3,(H,17,19). The second kappa shape index (κ2) is 9.00. The lowest BCUT2D eigenvalue weighted by atomic mass is 10.2. The molecule has 0 fully saturated rings. The first kappa shape index (κ1) is 20.4. The van der Waals surface area contributed by atoms with Gasteiger partial charge in [0.1, 0.15) is 10.6 Å². The average Bonchev–Trinajstić information content (AvgIpc) is 2.53. The number of rotatable bonds is 9. The summed E-state index contributed by atoms with van der Waals surface area (Å²) in [5, 5.41) is 2.75. The summed E-state index contributed by atoms with van der Waals surface area (Å²) in [5.74, 6) is -0.136. The first-order chi connectivity index (χ1) is 11.2. The first-order valence-corrected chi connectivity index (χ1v) is 9.14. The number of amides is 1. The Labute approximate surface area is 144 Å². The Morgan fingerprint density at radius 2 is 1.96 bits per heavy atom. The number of hydrogen-bond acceptors (Lipinski definition) is 5. The third-order valence-electron chi connectivity index (χ3n) is 3.24. The van der Waals surface area contributed by atoms with Crippen molar-refractivity contribution in [2.24, 2.45) is 0 Å². The zero-order valence-corrected chi connectivity index (χ0v) is 15.6. The van der Waals surface area contributed by atoms with E-state index < -0.39 is 10.0 Å². The van der Waals surface area contributed by atoms with E-state index in [2.05, 4.69) is 5.32 Å². The normalized spacial score (nSPS) is 11.8. The lowest BCUT2D eigenvalue weighted by molar-refractivity contribution is 0.0757. The molecule has 1 N–H and O–H groups in total. The van der Waals surface area contributed by atoms with Crippen molar-refractivity contribution in [3.05, 3.63) is 23.8 Å². The molecule has 1 amide bonds. The van der Waals surface area contributed by atoms with Crippen LogP contribution in [0.4, 0.5) is 0 Å². The predicted molar refractivity (Wildman–Crippen MR) is 91.9 cm³/mol. The predicted octanol–water partition coefficient (Wildman–Crippen LogP) is 1.49. The van der Waals surface area contributed by atoms with Gasteiger partial charge in [0.2, 0.25) is 10.0 Å². The molecule has 136 valence electrons. The fourth-order valence-corrected chi connectivity index (χ4v) is 2.99. The smallest absolute Gasteiger partial charge is 0.251 e. The van der Waals surface area contributed by atoms with Crippen LogP contribution in [0.1, 0.15) is 30.6 Å². The number of methoxy groups -OCH3 is 1. The molecule has 0 saturated carbocycles. The van der Waals surface area contributed by atoms with Gasteiger partial charge in [0.15, 0.2) is 0 Å². The summed E-state index contributed by atoms with van der Waals surface area (Å²) in [4.78, 5) is 12.2. The van der Waals surface area contributed by atoms with E-state index in [9.17, 15) is 13.2 Å². The van der Waals surface area contributed by atoms with Crippen LogP contribution in [0.25, 0.3) is 0 Å². The Morgan fingerprint density at radius 3 is 2.50 bits per heavy atom. The van der Waals surface area contributed by atoms with Crippen LogP contribution in [0.15, 0.2) is 23.1 Å². The summed E-state index contributed by atoms with van der Waals surface area (Å²) in [5.41, 5.74) is 0.265. The molecule has 0 unspecified atom stereocenters. The molecule has 0 aliphatic heterocycles. The minimum Gasteiger partial charge on any atom is -0.495 e. The van der Waals surface area contributed by atoms with Gasteiger partial charge in [-0.25, -0.2) is 12.7 Å². The van der Waals surface area contributed by atoms with Crippen LogP contribution in [0.3, 0.4) is 0 Å². The number of carbonyl (C=O) groups excluding carboxylic acids is 1. The highest BCUT2D eigenvalue weighted by Crippen LogP contribution is 2.26. The van der Waals surface area contributed by atoms with E-state index in [-0.39, 0.29) is 28.2 Å². The van der Waals surface area contributed by atoms with Crippen molar-refractivity contribution in [1.29, 1.82) is 0 Å². The summed E-state index contributed by atoms with van der Waals surface area (Å²) >= 11 is 0. The van der Waals surface area contributed by atoms with E-state index in [1.54, 1.807) is 0 Å². The van der Waals surface area contributed by atoms with Gasteiger partial charge in [0.05, 0.1) is 13.2 Å². The van der Waals surface area contributed by atoms with Gasteiger partial charge in [-0.1, -0.05) is 0 Å². The lowest BCUT2D eigenvalue weighted by Gasteiger charge is -2.15. The summed E-state index contributed by atoms with van der Waals surface area (Å²) in [7, 11) is 0.535. The van der Waals surface area contributed by atoms with E-state index in [1.807, 2.05) is 13.8 Å². The molecule has 0 aliphatic rings. The third-order valence-corrected chi connectivity index (χ3v) is 5.08. The number of hydrogen-bond donors (Lipinski definition) is 1. The van der Waals surface area contributed by atoms with Gasteiger partial charge in [0, 0.05) is 32.8 Å². The van der Waals surface area contributed by atoms with Gasteiger partial charge in [-0.05, 0) is 38.5 Å². The molecule has 8 heteroatoms. The summed E-state index contributed by atoms with van der Waals surface area (Å²) in [6.07, 6.45) is 0.837. The van der Waals surface area contributed by atoms with Crippen molar-refractivity contribution in [1.82, 2.24) is 9.62 Å². The van der Waals surface area contributed by atoms with E-state index in [0.29, 0.717) is 19.6 Å². The fourth-order valence-electron chi connectivity index (χ4n) is 1.91. The molecule has 0 aliphatic carbocycles. The van der Waals surface area contributed by atoms with Crippen LogP contribution in [0, 0.1) is 0 Å². The van der Waals surface area contributed by atoms with E-state index in [0.717, 1.165) is 4.31 Å². The molecule has 0 bridgehead atoms. The lowest BCUT2D eigenvalue weighted by Crippen LogP contribution is -2.27. The maximum atomic E-state index is 12.3. The molecule has 0 aromatic heterocycles. The molecule has 0 radical (unpaired) electrons. The molecule has 1 aromatic carbocycles. The van der Waals surface area contributed by atoms with Crippen molar-refractivity contribution in [3.8, 4) is 5.75 Å². The largest absolute Gasteiger partial charge is 0.495 e. The van der Waals surface area contributed by atoms with Crippen molar-refractivity contribution in [2.45, 2.75) is 31.3 Å². The van der Waals surface area contributed by atoms with Gasteiger partial charge < -0.3 is 14.8 Å². The van der Waals surface area contributed by atoms with Crippen molar-refractivity contribution in [2.75, 3.05) is 34.4 Å². The number of nitrogens with one attached hydrogen (secondary N) is 1. The van der Waals surface area contributed by atoms with Crippen LogP contribution in [0.5, 0.6) is 5.75 Å². The van der Waals surface area contributed by atoms with E-state index in [1.165, 1.54) is 39.4 Å². The minimum atomic E-state index is -3.71. The van der Waals surface area contributed by atoms with Gasteiger partial charge in [-0.3, -0.25) is 4.79 Å². The summed E-state index contributed by atoms with van der Waals surface area (Å²) < 4.78 is 36.3. The van der Waals surface area contributed by atoms with E-state index in [4.69, 9.17) is 9.47 Å². The van der Waals surface area contributed by atoms with Crippen molar-refractivity contribution < 1.29 is 22.7 Å². The molecule has 0 spiro atoms. The highest BCUT2D eigenvalue weighted by atomic mass is 32.2. The van der Waals surface area contributed by atoms with Crippen LogP contribution in [-0.2, 0) is 14.8 Å². The zero-order valence-electron chi connectivity index (χ0n) is 14.8. The highest BCUT2D eigenvalue weighted by molar-refractivity contribution is 7.89. The maximum absolute atomic E-state index is 12.3. The van der Waals surface area contributed by atoms with Crippen LogP contribution >= 0.6 is 0 Å². The molecule has 0 heterocycles. The molecular weight excluding hydrogens is 332 g/mol. The Hall–Kier alpha value is -1.64. The highest BCUT2D eigenvalue weighted by Gasteiger charge is 2.23. The van der Waals surface area contributed by atoms with Crippen LogP contribution < -0.4 is 10.1 Å². The molecule has 0 atom stereocenters. The Balaban J connectivity index is 2.84. The maximum Gasteiger partial charge on any atom is 0.251 e. The minimum absolute atomic E-state index is 0.0363. The Kier molecular flexibility index (Phi) is 7.65. The van der Waals surface area contributed by atoms with Crippen LogP contribution in [0.2, 0.25) is 0 Å². The third kappa shape index (κ3) is 5.47. The van der Waals surface area contributed by atoms with Crippen molar-refractivity contribution >= 4 is 15.9 Å². The topological polar surface area (TPSA) is 84.9 Å². The number of carbonyl (C=O) groups is 1. The zero-order chi connectivity index (χ0) is 18.3. The number of benzene rings is 1. The SMILES string of the molecule is COc1ccc(C(=O)NCCCOC(C)C)cc1S(=O)(=O)N(C)C. The number of nitrogens with zero attached hydrogens (tertiary/aromatic N) is 1. The second-order valence-electron chi connectivity index (χ2n) is 5.68. The fraction of sp³-hybridized carbons (Fsp3) is 0.562. The molecular formula is C16H26N2O5S. The quantitative estimate of drug-likeness (QED) is 0.676. The van der Waals surface area contributed by atoms with Gasteiger partial charge in [0.25, 0.3) is 5.91 Å². The monoisotopic (exact) mass is 358 g/mol. The molecule has 24 heavy (non-hydrogen) atoms. The Bertz CT molecular complexity index is 656. The van der Waals surface area contributed by atoms with Crippen molar-refractivity contribution in [3.63, 3.8) is 0 Å². The molecule has 1 aromatic rings. The molecule has 0 saturated heterocycles. The first-order valence-electron chi connectivity index (χ1n) is 7.70. The van der Waals surface area contributed by atoms with Gasteiger partial charge >= 0.3 is 0 Å². The number of ether oxygens (including phenoxy) is 2. The number of sulfonamides is 1. The second-order valence-corrected chi connectivity index (χ2v) is 7.80. The van der Waals surface area contributed by atoms with E-state index >= 15 is 0 Å².